The second-order valence-electron chi connectivity index (χ2n) is 9.01. The lowest BCUT2D eigenvalue weighted by Crippen LogP contribution is -2.54. The number of rotatable bonds is 9. The van der Waals surface area contributed by atoms with E-state index in [4.69, 9.17) is 16.3 Å². The molecular formula is C25H32ClN3O5S. The Hall–Kier alpha value is -2.62. The van der Waals surface area contributed by atoms with Crippen LogP contribution in [0.3, 0.4) is 0 Å². The third-order valence-electron chi connectivity index (χ3n) is 6.03. The Balaban J connectivity index is 1.72. The molecule has 0 unspecified atom stereocenters. The van der Waals surface area contributed by atoms with Gasteiger partial charge in [0.1, 0.15) is 11.8 Å². The van der Waals surface area contributed by atoms with E-state index in [1.165, 1.54) is 16.4 Å². The van der Waals surface area contributed by atoms with Crippen LogP contribution in [-0.4, -0.2) is 57.3 Å². The summed E-state index contributed by atoms with van der Waals surface area (Å²) >= 11 is 5.89. The molecule has 1 saturated heterocycles. The van der Waals surface area contributed by atoms with Gasteiger partial charge in [0.15, 0.2) is 0 Å². The molecule has 0 bridgehead atoms. The van der Waals surface area contributed by atoms with Crippen LogP contribution in [0.25, 0.3) is 0 Å². The van der Waals surface area contributed by atoms with Gasteiger partial charge in [0.05, 0.1) is 12.0 Å². The van der Waals surface area contributed by atoms with Gasteiger partial charge in [-0.25, -0.2) is 8.42 Å². The smallest absolute Gasteiger partial charge is 0.251 e. The minimum Gasteiger partial charge on any atom is -0.497 e. The Morgan fingerprint density at radius 1 is 1.06 bits per heavy atom. The first-order valence-corrected chi connectivity index (χ1v) is 13.4. The average Bonchev–Trinajstić information content (AvgIpc) is 2.86. The summed E-state index contributed by atoms with van der Waals surface area (Å²) in [5.41, 5.74) is 0.412. The number of ether oxygens (including phenoxy) is 1. The van der Waals surface area contributed by atoms with Crippen molar-refractivity contribution in [3.05, 3.63) is 59.1 Å². The first kappa shape index (κ1) is 27.0. The number of methoxy groups -OCH3 is 1. The fourth-order valence-electron chi connectivity index (χ4n) is 3.98. The van der Waals surface area contributed by atoms with Crippen molar-refractivity contribution in [1.82, 2.24) is 14.9 Å². The van der Waals surface area contributed by atoms with Gasteiger partial charge in [-0.15, -0.1) is 0 Å². The predicted molar refractivity (Wildman–Crippen MR) is 135 cm³/mol. The molecule has 2 aromatic carbocycles. The number of benzene rings is 2. The van der Waals surface area contributed by atoms with Crippen molar-refractivity contribution in [2.24, 2.45) is 11.8 Å². The predicted octanol–water partition coefficient (Wildman–Crippen LogP) is 3.32. The second kappa shape index (κ2) is 11.9. The molecule has 1 heterocycles. The van der Waals surface area contributed by atoms with E-state index in [1.807, 2.05) is 13.8 Å². The quantitative estimate of drug-likeness (QED) is 0.526. The number of amides is 2. The van der Waals surface area contributed by atoms with Crippen LogP contribution in [0.5, 0.6) is 5.75 Å². The molecule has 2 amide bonds. The zero-order valence-electron chi connectivity index (χ0n) is 20.2. The van der Waals surface area contributed by atoms with Crippen LogP contribution in [0.15, 0.2) is 53.4 Å². The Bertz CT molecular complexity index is 1110. The number of hydrogen-bond donors (Lipinski definition) is 2. The largest absolute Gasteiger partial charge is 0.497 e. The van der Waals surface area contributed by atoms with Crippen molar-refractivity contribution in [3.63, 3.8) is 0 Å². The molecule has 0 aliphatic carbocycles. The van der Waals surface area contributed by atoms with E-state index in [0.717, 1.165) is 0 Å². The topological polar surface area (TPSA) is 105 Å². The highest BCUT2D eigenvalue weighted by Gasteiger charge is 2.36. The third-order valence-corrected chi connectivity index (χ3v) is 8.19. The highest BCUT2D eigenvalue weighted by atomic mass is 35.5. The molecule has 1 fully saturated rings. The van der Waals surface area contributed by atoms with Crippen molar-refractivity contribution < 1.29 is 22.7 Å². The molecule has 1 aliphatic rings. The van der Waals surface area contributed by atoms with Gasteiger partial charge < -0.3 is 15.4 Å². The van der Waals surface area contributed by atoms with Crippen molar-refractivity contribution in [2.45, 2.75) is 37.6 Å². The monoisotopic (exact) mass is 521 g/mol. The van der Waals surface area contributed by atoms with E-state index < -0.39 is 16.1 Å². The number of sulfonamides is 1. The molecule has 0 radical (unpaired) electrons. The van der Waals surface area contributed by atoms with Crippen molar-refractivity contribution in [1.29, 1.82) is 0 Å². The number of carbonyl (C=O) groups excluding carboxylic acids is 2. The van der Waals surface area contributed by atoms with Crippen LogP contribution >= 0.6 is 11.6 Å². The van der Waals surface area contributed by atoms with Gasteiger partial charge in [-0.1, -0.05) is 25.4 Å². The van der Waals surface area contributed by atoms with Gasteiger partial charge in [0.2, 0.25) is 15.9 Å². The summed E-state index contributed by atoms with van der Waals surface area (Å²) < 4.78 is 32.6. The van der Waals surface area contributed by atoms with E-state index >= 15 is 0 Å². The maximum absolute atomic E-state index is 13.1. The van der Waals surface area contributed by atoms with E-state index in [0.29, 0.717) is 35.7 Å². The van der Waals surface area contributed by atoms with E-state index in [2.05, 4.69) is 10.6 Å². The molecule has 3 rings (SSSR count). The number of carbonyl (C=O) groups is 2. The number of piperidine rings is 1. The average molecular weight is 522 g/mol. The minimum absolute atomic E-state index is 0.180. The first-order valence-electron chi connectivity index (χ1n) is 11.6. The molecular weight excluding hydrogens is 490 g/mol. The summed E-state index contributed by atoms with van der Waals surface area (Å²) in [5, 5.41) is 6.25. The third kappa shape index (κ3) is 6.96. The Labute approximate surface area is 212 Å². The van der Waals surface area contributed by atoms with Crippen molar-refractivity contribution in [3.8, 4) is 5.75 Å². The van der Waals surface area contributed by atoms with Crippen LogP contribution < -0.4 is 15.4 Å². The van der Waals surface area contributed by atoms with E-state index in [-0.39, 0.29) is 41.6 Å². The van der Waals surface area contributed by atoms with E-state index in [1.54, 1.807) is 43.5 Å². The lowest BCUT2D eigenvalue weighted by atomic mass is 9.89. The summed E-state index contributed by atoms with van der Waals surface area (Å²) in [6.45, 7) is 4.97. The maximum atomic E-state index is 13.1. The van der Waals surface area contributed by atoms with Crippen LogP contribution in [0.1, 0.15) is 37.0 Å². The fourth-order valence-corrected chi connectivity index (χ4v) is 5.58. The zero-order chi connectivity index (χ0) is 25.6. The number of hydrogen-bond acceptors (Lipinski definition) is 5. The Morgan fingerprint density at radius 3 is 2.20 bits per heavy atom. The molecule has 35 heavy (non-hydrogen) atoms. The highest BCUT2D eigenvalue weighted by Crippen LogP contribution is 2.27. The van der Waals surface area contributed by atoms with Crippen molar-refractivity contribution in [2.75, 3.05) is 26.7 Å². The summed E-state index contributed by atoms with van der Waals surface area (Å²) in [7, 11) is -2.12. The molecule has 1 atom stereocenters. The summed E-state index contributed by atoms with van der Waals surface area (Å²) in [6.07, 6.45) is 0.880. The maximum Gasteiger partial charge on any atom is 0.251 e. The normalized spacial score (nSPS) is 16.0. The molecule has 190 valence electrons. The second-order valence-corrected chi connectivity index (χ2v) is 11.4. The molecule has 0 aromatic heterocycles. The Morgan fingerprint density at radius 2 is 1.66 bits per heavy atom. The molecule has 2 N–H and O–H groups in total. The van der Waals surface area contributed by atoms with Crippen LogP contribution in [0.4, 0.5) is 0 Å². The lowest BCUT2D eigenvalue weighted by molar-refractivity contribution is -0.124. The standard InChI is InChI=1S/C25H32ClN3O5S/c1-17(2)16-27-25(31)23(28-24(30)19-4-8-21(34-3)9-5-19)18-12-14-29(15-13-18)35(32,33)22-10-6-20(26)7-11-22/h4-11,17-18,23H,12-16H2,1-3H3,(H,27,31)(H,28,30)/t23-/m1/s1. The van der Waals surface area contributed by atoms with Gasteiger partial charge in [-0.2, -0.15) is 4.31 Å². The Kier molecular flexibility index (Phi) is 9.15. The van der Waals surface area contributed by atoms with E-state index in [9.17, 15) is 18.0 Å². The summed E-state index contributed by atoms with van der Waals surface area (Å²) in [5.74, 6) is 0.0412. The molecule has 10 heteroatoms. The molecule has 1 aliphatic heterocycles. The summed E-state index contributed by atoms with van der Waals surface area (Å²) in [4.78, 5) is 26.2. The molecule has 2 aromatic rings. The van der Waals surface area contributed by atoms with Gasteiger partial charge in [0, 0.05) is 30.2 Å². The number of halogens is 1. The van der Waals surface area contributed by atoms with Crippen LogP contribution in [0, 0.1) is 11.8 Å². The minimum atomic E-state index is -3.67. The van der Waals surface area contributed by atoms with Crippen LogP contribution in [0.2, 0.25) is 5.02 Å². The zero-order valence-corrected chi connectivity index (χ0v) is 21.7. The summed E-state index contributed by atoms with van der Waals surface area (Å²) in [6, 6.07) is 11.9. The van der Waals surface area contributed by atoms with Crippen LogP contribution in [-0.2, 0) is 14.8 Å². The SMILES string of the molecule is COc1ccc(C(=O)N[C@@H](C(=O)NCC(C)C)C2CCN(S(=O)(=O)c3ccc(Cl)cc3)CC2)cc1. The number of nitrogens with one attached hydrogen (secondary N) is 2. The van der Waals surface area contributed by atoms with Crippen molar-refractivity contribution >= 4 is 33.4 Å². The van der Waals surface area contributed by atoms with Gasteiger partial charge in [-0.3, -0.25) is 9.59 Å². The fraction of sp³-hybridized carbons (Fsp3) is 0.440. The van der Waals surface area contributed by atoms with Gasteiger partial charge in [0.25, 0.3) is 5.91 Å². The molecule has 0 spiro atoms. The molecule has 8 nitrogen and oxygen atoms in total. The lowest BCUT2D eigenvalue weighted by Gasteiger charge is -2.35. The molecule has 0 saturated carbocycles. The first-order chi connectivity index (χ1) is 16.6. The number of nitrogens with zero attached hydrogens (tertiary/aromatic N) is 1. The highest BCUT2D eigenvalue weighted by molar-refractivity contribution is 7.89. The van der Waals surface area contributed by atoms with Gasteiger partial charge >= 0.3 is 0 Å². The van der Waals surface area contributed by atoms with Gasteiger partial charge in [-0.05, 0) is 73.2 Å².